The van der Waals surface area contributed by atoms with Gasteiger partial charge < -0.3 is 10.1 Å². The van der Waals surface area contributed by atoms with E-state index in [1.54, 1.807) is 0 Å². The highest BCUT2D eigenvalue weighted by molar-refractivity contribution is 5.30. The normalized spacial score (nSPS) is 15.0. The maximum absolute atomic E-state index is 13.2. The molecular formula is C15H23F3N2O. The van der Waals surface area contributed by atoms with Crippen molar-refractivity contribution in [3.8, 4) is 0 Å². The summed E-state index contributed by atoms with van der Waals surface area (Å²) >= 11 is 0. The summed E-state index contributed by atoms with van der Waals surface area (Å²) in [5.41, 5.74) is -0.497. The fourth-order valence-corrected chi connectivity index (χ4v) is 2.42. The molecule has 1 heterocycles. The van der Waals surface area contributed by atoms with Gasteiger partial charge >= 0.3 is 6.18 Å². The quantitative estimate of drug-likeness (QED) is 0.789. The third-order valence-electron chi connectivity index (χ3n) is 3.24. The summed E-state index contributed by atoms with van der Waals surface area (Å²) in [4.78, 5) is 3.87. The van der Waals surface area contributed by atoms with Gasteiger partial charge in [-0.1, -0.05) is 20.3 Å². The summed E-state index contributed by atoms with van der Waals surface area (Å²) in [7, 11) is 0. The standard InChI is InChI=1S/C15H23F3N2O/c1-4-7-13(21-6-3)14(20-5-2)11-10-19-9-8-12(11)15(16,17)18/h8-10,13-14,20H,4-7H2,1-3H3. The molecule has 0 bridgehead atoms. The fraction of sp³-hybridized carbons (Fsp3) is 0.667. The van der Waals surface area contributed by atoms with Crippen molar-refractivity contribution in [2.75, 3.05) is 13.2 Å². The van der Waals surface area contributed by atoms with Crippen LogP contribution >= 0.6 is 0 Å². The Kier molecular flexibility index (Phi) is 7.11. The van der Waals surface area contributed by atoms with Crippen molar-refractivity contribution in [1.29, 1.82) is 0 Å². The molecule has 0 amide bonds. The fourth-order valence-electron chi connectivity index (χ4n) is 2.42. The van der Waals surface area contributed by atoms with Crippen LogP contribution in [0.3, 0.4) is 0 Å². The SMILES string of the molecule is CCCC(OCC)C(NCC)c1cnccc1C(F)(F)F. The lowest BCUT2D eigenvalue weighted by Gasteiger charge is -2.29. The lowest BCUT2D eigenvalue weighted by molar-refractivity contribution is -0.139. The molecule has 6 heteroatoms. The Balaban J connectivity index is 3.21. The van der Waals surface area contributed by atoms with Gasteiger partial charge in [0.2, 0.25) is 0 Å². The maximum atomic E-state index is 13.2. The summed E-state index contributed by atoms with van der Waals surface area (Å²) in [6.45, 7) is 6.73. The molecule has 0 aliphatic heterocycles. The van der Waals surface area contributed by atoms with Gasteiger partial charge in [0.1, 0.15) is 0 Å². The molecule has 0 fully saturated rings. The lowest BCUT2D eigenvalue weighted by atomic mass is 9.95. The molecule has 1 aromatic heterocycles. The molecule has 0 spiro atoms. The Hall–Kier alpha value is -1.14. The molecule has 0 radical (unpaired) electrons. The van der Waals surface area contributed by atoms with Gasteiger partial charge in [0.15, 0.2) is 0 Å². The predicted molar refractivity (Wildman–Crippen MR) is 76.0 cm³/mol. The van der Waals surface area contributed by atoms with Crippen molar-refractivity contribution >= 4 is 0 Å². The zero-order chi connectivity index (χ0) is 15.9. The van der Waals surface area contributed by atoms with Crippen LogP contribution in [-0.2, 0) is 10.9 Å². The Labute approximate surface area is 123 Å². The molecule has 0 saturated heterocycles. The van der Waals surface area contributed by atoms with E-state index in [1.807, 2.05) is 20.8 Å². The highest BCUT2D eigenvalue weighted by Crippen LogP contribution is 2.36. The average Bonchev–Trinajstić information content (AvgIpc) is 2.44. The van der Waals surface area contributed by atoms with Crippen LogP contribution in [0, 0.1) is 0 Å². The number of halogens is 3. The number of aromatic nitrogens is 1. The van der Waals surface area contributed by atoms with Gasteiger partial charge in [0, 0.05) is 24.6 Å². The molecule has 0 aromatic carbocycles. The van der Waals surface area contributed by atoms with E-state index in [1.165, 1.54) is 12.4 Å². The first-order valence-corrected chi connectivity index (χ1v) is 7.31. The molecule has 0 saturated carbocycles. The van der Waals surface area contributed by atoms with Crippen molar-refractivity contribution in [3.63, 3.8) is 0 Å². The van der Waals surface area contributed by atoms with Crippen LogP contribution < -0.4 is 5.32 Å². The Morgan fingerprint density at radius 2 is 2.00 bits per heavy atom. The zero-order valence-electron chi connectivity index (χ0n) is 12.7. The van der Waals surface area contributed by atoms with Gasteiger partial charge in [0.25, 0.3) is 0 Å². The van der Waals surface area contributed by atoms with E-state index >= 15 is 0 Å². The van der Waals surface area contributed by atoms with Crippen LogP contribution in [-0.4, -0.2) is 24.2 Å². The lowest BCUT2D eigenvalue weighted by Crippen LogP contribution is -2.35. The van der Waals surface area contributed by atoms with Crippen molar-refractivity contribution in [1.82, 2.24) is 10.3 Å². The first-order chi connectivity index (χ1) is 9.95. The number of hydrogen-bond donors (Lipinski definition) is 1. The summed E-state index contributed by atoms with van der Waals surface area (Å²) in [6.07, 6.45) is -0.700. The van der Waals surface area contributed by atoms with Crippen molar-refractivity contribution in [2.24, 2.45) is 0 Å². The molecule has 1 rings (SSSR count). The molecule has 120 valence electrons. The first-order valence-electron chi connectivity index (χ1n) is 7.31. The average molecular weight is 304 g/mol. The number of alkyl halides is 3. The number of hydrogen-bond acceptors (Lipinski definition) is 3. The van der Waals surface area contributed by atoms with E-state index in [9.17, 15) is 13.2 Å². The van der Waals surface area contributed by atoms with Gasteiger partial charge in [-0.25, -0.2) is 0 Å². The zero-order valence-corrected chi connectivity index (χ0v) is 12.7. The van der Waals surface area contributed by atoms with Gasteiger partial charge in [-0.3, -0.25) is 4.98 Å². The maximum Gasteiger partial charge on any atom is 0.416 e. The number of nitrogens with one attached hydrogen (secondary N) is 1. The number of pyridine rings is 1. The third kappa shape index (κ3) is 4.97. The number of rotatable bonds is 8. The molecule has 0 aliphatic carbocycles. The Bertz CT molecular complexity index is 418. The Morgan fingerprint density at radius 3 is 2.52 bits per heavy atom. The minimum Gasteiger partial charge on any atom is -0.377 e. The van der Waals surface area contributed by atoms with E-state index < -0.39 is 17.8 Å². The summed E-state index contributed by atoms with van der Waals surface area (Å²) in [6, 6.07) is 0.509. The van der Waals surface area contributed by atoms with Crippen molar-refractivity contribution in [3.05, 3.63) is 29.6 Å². The van der Waals surface area contributed by atoms with Gasteiger partial charge in [-0.15, -0.1) is 0 Å². The molecular weight excluding hydrogens is 281 g/mol. The van der Waals surface area contributed by atoms with Crippen LogP contribution in [0.2, 0.25) is 0 Å². The van der Waals surface area contributed by atoms with E-state index in [-0.39, 0.29) is 11.7 Å². The molecule has 3 nitrogen and oxygen atoms in total. The van der Waals surface area contributed by atoms with E-state index in [2.05, 4.69) is 10.3 Å². The van der Waals surface area contributed by atoms with Gasteiger partial charge in [-0.2, -0.15) is 13.2 Å². The summed E-state index contributed by atoms with van der Waals surface area (Å²) in [5, 5.41) is 3.12. The van der Waals surface area contributed by atoms with E-state index in [4.69, 9.17) is 4.74 Å². The molecule has 21 heavy (non-hydrogen) atoms. The predicted octanol–water partition coefficient (Wildman–Crippen LogP) is 3.96. The van der Waals surface area contributed by atoms with E-state index in [0.29, 0.717) is 19.6 Å². The monoisotopic (exact) mass is 304 g/mol. The van der Waals surface area contributed by atoms with Crippen LogP contribution in [0.5, 0.6) is 0 Å². The molecule has 1 N–H and O–H groups in total. The van der Waals surface area contributed by atoms with Crippen LogP contribution in [0.15, 0.2) is 18.5 Å². The number of likely N-dealkylation sites (N-methyl/N-ethyl adjacent to an activating group) is 1. The van der Waals surface area contributed by atoms with Crippen LogP contribution in [0.1, 0.15) is 50.8 Å². The molecule has 2 atom stereocenters. The smallest absolute Gasteiger partial charge is 0.377 e. The largest absolute Gasteiger partial charge is 0.416 e. The van der Waals surface area contributed by atoms with Crippen LogP contribution in [0.25, 0.3) is 0 Å². The minimum absolute atomic E-state index is 0.152. The second kappa shape index (κ2) is 8.34. The van der Waals surface area contributed by atoms with Crippen molar-refractivity contribution in [2.45, 2.75) is 51.9 Å². The van der Waals surface area contributed by atoms with Crippen molar-refractivity contribution < 1.29 is 17.9 Å². The minimum atomic E-state index is -4.39. The Morgan fingerprint density at radius 1 is 1.29 bits per heavy atom. The number of ether oxygens (including phenoxy) is 1. The first kappa shape index (κ1) is 17.9. The second-order valence-electron chi connectivity index (χ2n) is 4.78. The summed E-state index contributed by atoms with van der Waals surface area (Å²) in [5.74, 6) is 0. The molecule has 0 aliphatic rings. The van der Waals surface area contributed by atoms with Gasteiger partial charge in [-0.05, 0) is 26.0 Å². The highest BCUT2D eigenvalue weighted by atomic mass is 19.4. The second-order valence-corrected chi connectivity index (χ2v) is 4.78. The third-order valence-corrected chi connectivity index (χ3v) is 3.24. The molecule has 2 unspecified atom stereocenters. The van der Waals surface area contributed by atoms with E-state index in [0.717, 1.165) is 12.5 Å². The highest BCUT2D eigenvalue weighted by Gasteiger charge is 2.37. The summed E-state index contributed by atoms with van der Waals surface area (Å²) < 4.78 is 45.2. The molecule has 1 aromatic rings. The topological polar surface area (TPSA) is 34.1 Å². The van der Waals surface area contributed by atoms with Gasteiger partial charge in [0.05, 0.1) is 17.7 Å². The number of nitrogens with zero attached hydrogens (tertiary/aromatic N) is 1. The van der Waals surface area contributed by atoms with Crippen LogP contribution in [0.4, 0.5) is 13.2 Å².